The Balaban J connectivity index is 2.80. The molecule has 1 aromatic rings. The minimum Gasteiger partial charge on any atom is -0.549 e. The summed E-state index contributed by atoms with van der Waals surface area (Å²) in [4.78, 5) is 10.9. The van der Waals surface area contributed by atoms with Crippen molar-refractivity contribution >= 4 is 16.1 Å². The van der Waals surface area contributed by atoms with Gasteiger partial charge in [0.25, 0.3) is 10.1 Å². The van der Waals surface area contributed by atoms with Gasteiger partial charge in [-0.3, -0.25) is 4.55 Å². The molecule has 0 radical (unpaired) electrons. The van der Waals surface area contributed by atoms with Crippen LogP contribution in [-0.4, -0.2) is 18.9 Å². The van der Waals surface area contributed by atoms with E-state index in [1.807, 2.05) is 0 Å². The number of hydrogen-bond acceptors (Lipinski definition) is 4. The molecule has 1 rings (SSSR count). The Labute approximate surface area is 119 Å². The van der Waals surface area contributed by atoms with Gasteiger partial charge in [-0.15, -0.1) is 0 Å². The fraction of sp³-hybridized carbons (Fsp3) is 0.500. The van der Waals surface area contributed by atoms with Crippen LogP contribution < -0.4 is 5.11 Å². The molecule has 0 heterocycles. The summed E-state index contributed by atoms with van der Waals surface area (Å²) in [6.07, 6.45) is 4.34. The molecule has 0 aliphatic carbocycles. The molecule has 0 amide bonds. The molecule has 1 atom stereocenters. The van der Waals surface area contributed by atoms with E-state index in [0.717, 1.165) is 25.7 Å². The highest BCUT2D eigenvalue weighted by Crippen LogP contribution is 2.23. The summed E-state index contributed by atoms with van der Waals surface area (Å²) in [5, 5.41) is 11.2. The number of carbonyl (C=O) groups is 1. The molecule has 0 aromatic heterocycles. The summed E-state index contributed by atoms with van der Waals surface area (Å²) in [6.45, 7) is 2.07. The summed E-state index contributed by atoms with van der Waals surface area (Å²) >= 11 is 0. The van der Waals surface area contributed by atoms with Crippen molar-refractivity contribution in [1.82, 2.24) is 0 Å². The van der Waals surface area contributed by atoms with Crippen molar-refractivity contribution < 1.29 is 22.9 Å². The van der Waals surface area contributed by atoms with Crippen LogP contribution in [0.25, 0.3) is 0 Å². The first-order valence-corrected chi connectivity index (χ1v) is 8.08. The zero-order valence-electron chi connectivity index (χ0n) is 11.4. The average Bonchev–Trinajstić information content (AvgIpc) is 2.37. The van der Waals surface area contributed by atoms with Gasteiger partial charge < -0.3 is 9.90 Å². The second kappa shape index (κ2) is 7.40. The fourth-order valence-electron chi connectivity index (χ4n) is 2.07. The molecule has 6 heteroatoms. The van der Waals surface area contributed by atoms with Crippen molar-refractivity contribution in [2.75, 3.05) is 0 Å². The van der Waals surface area contributed by atoms with Gasteiger partial charge in [0, 0.05) is 11.9 Å². The molecule has 1 aromatic carbocycles. The Morgan fingerprint density at radius 2 is 1.80 bits per heavy atom. The fourth-order valence-corrected chi connectivity index (χ4v) is 2.55. The third kappa shape index (κ3) is 4.94. The molecule has 1 unspecified atom stereocenters. The van der Waals surface area contributed by atoms with E-state index in [9.17, 15) is 18.3 Å². The van der Waals surface area contributed by atoms with E-state index >= 15 is 0 Å². The van der Waals surface area contributed by atoms with Gasteiger partial charge >= 0.3 is 0 Å². The van der Waals surface area contributed by atoms with Gasteiger partial charge in [-0.25, -0.2) is 0 Å². The van der Waals surface area contributed by atoms with Crippen molar-refractivity contribution in [3.8, 4) is 0 Å². The molecule has 0 aliphatic heterocycles. The quantitative estimate of drug-likeness (QED) is 0.583. The first-order chi connectivity index (χ1) is 9.36. The van der Waals surface area contributed by atoms with Crippen LogP contribution in [0.5, 0.6) is 0 Å². The van der Waals surface area contributed by atoms with E-state index in [-0.39, 0.29) is 4.90 Å². The van der Waals surface area contributed by atoms with E-state index < -0.39 is 22.0 Å². The number of carboxylic acids is 1. The van der Waals surface area contributed by atoms with Crippen LogP contribution in [0.3, 0.4) is 0 Å². The number of carbonyl (C=O) groups excluding carboxylic acids is 1. The molecule has 0 spiro atoms. The Bertz CT molecular complexity index is 533. The minimum atomic E-state index is -4.25. The van der Waals surface area contributed by atoms with Gasteiger partial charge in [0.1, 0.15) is 0 Å². The Morgan fingerprint density at radius 1 is 1.20 bits per heavy atom. The Morgan fingerprint density at radius 3 is 2.25 bits per heavy atom. The van der Waals surface area contributed by atoms with Crippen LogP contribution in [-0.2, 0) is 14.9 Å². The highest BCUT2D eigenvalue weighted by atomic mass is 32.2. The van der Waals surface area contributed by atoms with E-state index in [1.54, 1.807) is 0 Å². The second-order valence-electron chi connectivity index (χ2n) is 4.77. The lowest BCUT2D eigenvalue weighted by atomic mass is 9.93. The minimum absolute atomic E-state index is 0.246. The van der Waals surface area contributed by atoms with Crippen molar-refractivity contribution in [2.45, 2.75) is 49.8 Å². The smallest absolute Gasteiger partial charge is 0.294 e. The number of carboxylic acid groups (broad SMARTS) is 1. The molecule has 5 nitrogen and oxygen atoms in total. The Hall–Kier alpha value is -1.40. The highest BCUT2D eigenvalue weighted by molar-refractivity contribution is 7.85. The normalized spacial score (nSPS) is 13.1. The molecule has 0 saturated carbocycles. The maximum Gasteiger partial charge on any atom is 0.294 e. The second-order valence-corrected chi connectivity index (χ2v) is 6.19. The van der Waals surface area contributed by atoms with Crippen LogP contribution in [0.4, 0.5) is 0 Å². The first kappa shape index (κ1) is 16.7. The topological polar surface area (TPSA) is 94.5 Å². The van der Waals surface area contributed by atoms with Gasteiger partial charge in [-0.2, -0.15) is 8.42 Å². The first-order valence-electron chi connectivity index (χ1n) is 6.64. The van der Waals surface area contributed by atoms with Gasteiger partial charge in [0.05, 0.1) is 4.90 Å². The molecule has 0 fully saturated rings. The molecular formula is C14H19O5S-. The number of hydrogen-bond donors (Lipinski definition) is 1. The van der Waals surface area contributed by atoms with Crippen LogP contribution in [0.15, 0.2) is 29.2 Å². The van der Waals surface area contributed by atoms with Gasteiger partial charge in [0.15, 0.2) is 0 Å². The predicted octanol–water partition coefficient (Wildman–Crippen LogP) is 1.74. The maximum atomic E-state index is 11.2. The number of benzene rings is 1. The molecule has 1 N–H and O–H groups in total. The molecular weight excluding hydrogens is 280 g/mol. The van der Waals surface area contributed by atoms with Gasteiger partial charge in [-0.1, -0.05) is 44.7 Å². The summed E-state index contributed by atoms with van der Waals surface area (Å²) in [5.41, 5.74) is 0.494. The number of rotatable bonds is 8. The molecule has 0 bridgehead atoms. The summed E-state index contributed by atoms with van der Waals surface area (Å²) < 4.78 is 30.7. The van der Waals surface area contributed by atoms with Crippen molar-refractivity contribution in [1.29, 1.82) is 0 Å². The average molecular weight is 299 g/mol. The zero-order chi connectivity index (χ0) is 15.2. The molecule has 112 valence electrons. The van der Waals surface area contributed by atoms with Crippen molar-refractivity contribution in [2.24, 2.45) is 0 Å². The van der Waals surface area contributed by atoms with E-state index in [4.69, 9.17) is 4.55 Å². The number of aliphatic carboxylic acids is 1. The van der Waals surface area contributed by atoms with Crippen LogP contribution in [0, 0.1) is 0 Å². The third-order valence-electron chi connectivity index (χ3n) is 3.21. The Kier molecular flexibility index (Phi) is 6.16. The highest BCUT2D eigenvalue weighted by Gasteiger charge is 2.15. The lowest BCUT2D eigenvalue weighted by Gasteiger charge is -2.18. The largest absolute Gasteiger partial charge is 0.549 e. The summed E-state index contributed by atoms with van der Waals surface area (Å²) in [6, 6.07) is 5.21. The van der Waals surface area contributed by atoms with E-state index in [2.05, 4.69) is 6.92 Å². The zero-order valence-corrected chi connectivity index (χ0v) is 12.2. The van der Waals surface area contributed by atoms with Crippen molar-refractivity contribution in [3.05, 3.63) is 29.8 Å². The summed E-state index contributed by atoms with van der Waals surface area (Å²) in [7, 11) is -4.25. The summed E-state index contributed by atoms with van der Waals surface area (Å²) in [5.74, 6) is -1.91. The SMILES string of the molecule is CCCCCCC(C(=O)[O-])c1ccc(S(=O)(=O)O)cc1. The monoisotopic (exact) mass is 299 g/mol. The van der Waals surface area contributed by atoms with Gasteiger partial charge in [-0.05, 0) is 24.1 Å². The molecule has 0 saturated heterocycles. The van der Waals surface area contributed by atoms with Crippen LogP contribution in [0.1, 0.15) is 50.5 Å². The van der Waals surface area contributed by atoms with Crippen LogP contribution >= 0.6 is 0 Å². The van der Waals surface area contributed by atoms with Gasteiger partial charge in [0.2, 0.25) is 0 Å². The van der Waals surface area contributed by atoms with Crippen molar-refractivity contribution in [3.63, 3.8) is 0 Å². The predicted molar refractivity (Wildman–Crippen MR) is 72.8 cm³/mol. The number of unbranched alkanes of at least 4 members (excludes halogenated alkanes) is 3. The maximum absolute atomic E-state index is 11.2. The molecule has 0 aliphatic rings. The van der Waals surface area contributed by atoms with E-state index in [1.165, 1.54) is 24.3 Å². The lowest BCUT2D eigenvalue weighted by molar-refractivity contribution is -0.308. The van der Waals surface area contributed by atoms with Crippen LogP contribution in [0.2, 0.25) is 0 Å². The van der Waals surface area contributed by atoms with E-state index in [0.29, 0.717) is 12.0 Å². The third-order valence-corrected chi connectivity index (χ3v) is 4.08. The molecule has 20 heavy (non-hydrogen) atoms. The lowest BCUT2D eigenvalue weighted by Crippen LogP contribution is -2.29. The standard InChI is InChI=1S/C14H20O5S/c1-2-3-4-5-6-13(14(15)16)11-7-9-12(10-8-11)20(17,18)19/h7-10,13H,2-6H2,1H3,(H,15,16)(H,17,18,19)/p-1.